The summed E-state index contributed by atoms with van der Waals surface area (Å²) in [5.41, 5.74) is 3.36. The Kier molecular flexibility index (Phi) is 3.77. The number of aromatic amines is 1. The zero-order valence-electron chi connectivity index (χ0n) is 11.1. The van der Waals surface area contributed by atoms with Crippen LogP contribution in [0.3, 0.4) is 0 Å². The summed E-state index contributed by atoms with van der Waals surface area (Å²) in [7, 11) is 2.00. The molecule has 2 heterocycles. The molecular weight excluding hydrogens is 240 g/mol. The van der Waals surface area contributed by atoms with Gasteiger partial charge in [-0.15, -0.1) is 0 Å². The fraction of sp³-hybridized carbons (Fsp3) is 0.500. The minimum Gasteiger partial charge on any atom is -0.376 e. The van der Waals surface area contributed by atoms with Crippen LogP contribution in [0.25, 0.3) is 11.0 Å². The lowest BCUT2D eigenvalue weighted by atomic mass is 9.99. The van der Waals surface area contributed by atoms with Gasteiger partial charge >= 0.3 is 0 Å². The first-order valence-electron chi connectivity index (χ1n) is 6.79. The number of rotatable bonds is 4. The number of aromatic nitrogens is 2. The Bertz CT molecular complexity index is 533. The summed E-state index contributed by atoms with van der Waals surface area (Å²) in [5.74, 6) is 0. The molecule has 102 valence electrons. The highest BCUT2D eigenvalue weighted by atomic mass is 16.5. The number of H-pyrrole nitrogens is 1. The van der Waals surface area contributed by atoms with Crippen LogP contribution in [0.5, 0.6) is 0 Å². The van der Waals surface area contributed by atoms with Crippen molar-refractivity contribution in [2.75, 3.05) is 26.7 Å². The van der Waals surface area contributed by atoms with Crippen LogP contribution >= 0.6 is 0 Å². The first kappa shape index (κ1) is 12.6. The van der Waals surface area contributed by atoms with Gasteiger partial charge in [0.05, 0.1) is 30.1 Å². The summed E-state index contributed by atoms with van der Waals surface area (Å²) in [6.07, 6.45) is 2.99. The second kappa shape index (κ2) is 5.69. The molecule has 2 unspecified atom stereocenters. The summed E-state index contributed by atoms with van der Waals surface area (Å²) >= 11 is 0. The Labute approximate surface area is 112 Å². The molecule has 0 bridgehead atoms. The van der Waals surface area contributed by atoms with Gasteiger partial charge in [0.2, 0.25) is 0 Å². The van der Waals surface area contributed by atoms with Gasteiger partial charge in [-0.05, 0) is 31.2 Å². The minimum atomic E-state index is 0.281. The number of hydrogen-bond donors (Lipinski definition) is 3. The average Bonchev–Trinajstić information content (AvgIpc) is 2.93. The van der Waals surface area contributed by atoms with Gasteiger partial charge < -0.3 is 20.4 Å². The van der Waals surface area contributed by atoms with Crippen molar-refractivity contribution < 1.29 is 4.74 Å². The Hall–Kier alpha value is -1.43. The number of morpholine rings is 1. The van der Waals surface area contributed by atoms with E-state index < -0.39 is 0 Å². The number of benzene rings is 1. The molecule has 3 N–H and O–H groups in total. The number of nitrogens with zero attached hydrogens (tertiary/aromatic N) is 1. The predicted octanol–water partition coefficient (Wildman–Crippen LogP) is 1.20. The second-order valence-electron chi connectivity index (χ2n) is 4.95. The topological polar surface area (TPSA) is 62.0 Å². The normalized spacial score (nSPS) is 21.6. The molecule has 1 aliphatic heterocycles. The third-order valence-electron chi connectivity index (χ3n) is 3.70. The molecule has 1 saturated heterocycles. The summed E-state index contributed by atoms with van der Waals surface area (Å²) in [6, 6.07) is 6.67. The van der Waals surface area contributed by atoms with Crippen molar-refractivity contribution in [2.45, 2.75) is 18.6 Å². The van der Waals surface area contributed by atoms with Gasteiger partial charge in [0.15, 0.2) is 0 Å². The SMILES string of the molecule is CNC(CC1CNCCO1)c1ccc2nc[nH]c2c1. The lowest BCUT2D eigenvalue weighted by molar-refractivity contribution is 0.0176. The standard InChI is InChI=1S/C14H20N4O/c1-15-13(7-11-8-16-4-5-19-11)10-2-3-12-14(6-10)18-9-17-12/h2-3,6,9,11,13,15-16H,4-5,7-8H2,1H3,(H,17,18). The van der Waals surface area contributed by atoms with E-state index in [4.69, 9.17) is 4.74 Å². The molecule has 0 amide bonds. The molecular formula is C14H20N4O. The summed E-state index contributed by atoms with van der Waals surface area (Å²) in [4.78, 5) is 7.41. The number of nitrogens with one attached hydrogen (secondary N) is 3. The Morgan fingerprint density at radius 2 is 2.47 bits per heavy atom. The van der Waals surface area contributed by atoms with Crippen LogP contribution in [0.2, 0.25) is 0 Å². The number of hydrogen-bond acceptors (Lipinski definition) is 4. The predicted molar refractivity (Wildman–Crippen MR) is 75.1 cm³/mol. The molecule has 1 aromatic heterocycles. The Morgan fingerprint density at radius 1 is 1.53 bits per heavy atom. The summed E-state index contributed by atoms with van der Waals surface area (Å²) in [5, 5.41) is 6.75. The Morgan fingerprint density at radius 3 is 3.26 bits per heavy atom. The third kappa shape index (κ3) is 2.78. The molecule has 19 heavy (non-hydrogen) atoms. The molecule has 0 aliphatic carbocycles. The van der Waals surface area contributed by atoms with Crippen LogP contribution < -0.4 is 10.6 Å². The van der Waals surface area contributed by atoms with Crippen LogP contribution in [0.15, 0.2) is 24.5 Å². The molecule has 5 heteroatoms. The van der Waals surface area contributed by atoms with Crippen molar-refractivity contribution in [3.63, 3.8) is 0 Å². The largest absolute Gasteiger partial charge is 0.376 e. The van der Waals surface area contributed by atoms with E-state index in [2.05, 4.69) is 38.8 Å². The molecule has 2 aromatic rings. The highest BCUT2D eigenvalue weighted by Crippen LogP contribution is 2.23. The van der Waals surface area contributed by atoms with Gasteiger partial charge in [-0.25, -0.2) is 4.98 Å². The van der Waals surface area contributed by atoms with E-state index in [0.717, 1.165) is 37.2 Å². The maximum absolute atomic E-state index is 5.78. The summed E-state index contributed by atoms with van der Waals surface area (Å²) < 4.78 is 5.78. The molecule has 2 atom stereocenters. The first-order chi connectivity index (χ1) is 9.36. The number of ether oxygens (including phenoxy) is 1. The van der Waals surface area contributed by atoms with Crippen LogP contribution in [0.4, 0.5) is 0 Å². The van der Waals surface area contributed by atoms with E-state index in [1.807, 2.05) is 7.05 Å². The maximum Gasteiger partial charge on any atom is 0.0931 e. The van der Waals surface area contributed by atoms with Crippen molar-refractivity contribution in [1.82, 2.24) is 20.6 Å². The number of fused-ring (bicyclic) bond motifs is 1. The fourth-order valence-electron chi connectivity index (χ4n) is 2.62. The molecule has 1 aromatic carbocycles. The van der Waals surface area contributed by atoms with Crippen molar-refractivity contribution >= 4 is 11.0 Å². The van der Waals surface area contributed by atoms with Crippen molar-refractivity contribution in [1.29, 1.82) is 0 Å². The lowest BCUT2D eigenvalue weighted by Crippen LogP contribution is -2.40. The monoisotopic (exact) mass is 260 g/mol. The van der Waals surface area contributed by atoms with E-state index in [1.165, 1.54) is 5.56 Å². The van der Waals surface area contributed by atoms with Gasteiger partial charge in [-0.1, -0.05) is 6.07 Å². The smallest absolute Gasteiger partial charge is 0.0931 e. The van der Waals surface area contributed by atoms with Gasteiger partial charge in [0.1, 0.15) is 0 Å². The van der Waals surface area contributed by atoms with Crippen molar-refractivity contribution in [3.8, 4) is 0 Å². The molecule has 5 nitrogen and oxygen atoms in total. The van der Waals surface area contributed by atoms with Crippen LogP contribution in [-0.4, -0.2) is 42.8 Å². The second-order valence-corrected chi connectivity index (χ2v) is 4.95. The van der Waals surface area contributed by atoms with Crippen LogP contribution in [-0.2, 0) is 4.74 Å². The molecule has 0 spiro atoms. The molecule has 3 rings (SSSR count). The molecule has 1 aliphatic rings. The zero-order chi connectivity index (χ0) is 13.1. The van der Waals surface area contributed by atoms with E-state index in [0.29, 0.717) is 6.04 Å². The van der Waals surface area contributed by atoms with Crippen molar-refractivity contribution in [3.05, 3.63) is 30.1 Å². The average molecular weight is 260 g/mol. The molecule has 0 radical (unpaired) electrons. The van der Waals surface area contributed by atoms with E-state index >= 15 is 0 Å². The van der Waals surface area contributed by atoms with Crippen LogP contribution in [0, 0.1) is 0 Å². The fourth-order valence-corrected chi connectivity index (χ4v) is 2.62. The number of imidazole rings is 1. The van der Waals surface area contributed by atoms with Crippen LogP contribution in [0.1, 0.15) is 18.0 Å². The quantitative estimate of drug-likeness (QED) is 0.773. The van der Waals surface area contributed by atoms with E-state index in [9.17, 15) is 0 Å². The highest BCUT2D eigenvalue weighted by Gasteiger charge is 2.19. The van der Waals surface area contributed by atoms with E-state index in [-0.39, 0.29) is 6.10 Å². The molecule has 1 fully saturated rings. The molecule has 0 saturated carbocycles. The maximum atomic E-state index is 5.78. The Balaban J connectivity index is 1.76. The first-order valence-corrected chi connectivity index (χ1v) is 6.79. The van der Waals surface area contributed by atoms with Gasteiger partial charge in [-0.2, -0.15) is 0 Å². The lowest BCUT2D eigenvalue weighted by Gasteiger charge is -2.27. The van der Waals surface area contributed by atoms with Gasteiger partial charge in [0, 0.05) is 19.1 Å². The minimum absolute atomic E-state index is 0.281. The zero-order valence-corrected chi connectivity index (χ0v) is 11.1. The van der Waals surface area contributed by atoms with Gasteiger partial charge in [-0.3, -0.25) is 0 Å². The summed E-state index contributed by atoms with van der Waals surface area (Å²) in [6.45, 7) is 2.70. The third-order valence-corrected chi connectivity index (χ3v) is 3.70. The van der Waals surface area contributed by atoms with Crippen molar-refractivity contribution in [2.24, 2.45) is 0 Å². The van der Waals surface area contributed by atoms with Gasteiger partial charge in [0.25, 0.3) is 0 Å². The van der Waals surface area contributed by atoms with E-state index in [1.54, 1.807) is 6.33 Å². The highest BCUT2D eigenvalue weighted by molar-refractivity contribution is 5.75.